The number of nitrogens with one attached hydrogen (secondary N) is 1. The standard InChI is InChI=1S/C26H31NO6/c1-6-31-23(28)14-20-19-12-17(18-10-8-16(15(3)4)13-22(18)30-5)9-11-21(19)33-25(27)24(20)26(29)32-7-2/h8-13,15,20,24,27H,6-7,14H2,1-5H3. The fourth-order valence-corrected chi connectivity index (χ4v) is 4.08. The van der Waals surface area contributed by atoms with Gasteiger partial charge in [-0.2, -0.15) is 0 Å². The lowest BCUT2D eigenvalue weighted by atomic mass is 9.80. The molecule has 0 saturated carbocycles. The topological polar surface area (TPSA) is 94.9 Å². The molecule has 7 nitrogen and oxygen atoms in total. The average Bonchev–Trinajstić information content (AvgIpc) is 2.78. The number of hydrogen-bond donors (Lipinski definition) is 1. The van der Waals surface area contributed by atoms with E-state index in [1.807, 2.05) is 24.3 Å². The van der Waals surface area contributed by atoms with Crippen LogP contribution in [0.3, 0.4) is 0 Å². The summed E-state index contributed by atoms with van der Waals surface area (Å²) in [4.78, 5) is 25.1. The van der Waals surface area contributed by atoms with Gasteiger partial charge >= 0.3 is 11.9 Å². The largest absolute Gasteiger partial charge is 0.496 e. The van der Waals surface area contributed by atoms with Crippen LogP contribution in [0.5, 0.6) is 11.5 Å². The number of rotatable bonds is 8. The summed E-state index contributed by atoms with van der Waals surface area (Å²) in [5.74, 6) is -1.40. The first-order chi connectivity index (χ1) is 15.8. The van der Waals surface area contributed by atoms with E-state index in [2.05, 4.69) is 19.9 Å². The van der Waals surface area contributed by atoms with Crippen molar-refractivity contribution in [3.05, 3.63) is 47.5 Å². The zero-order valence-corrected chi connectivity index (χ0v) is 19.8. The third-order valence-corrected chi connectivity index (χ3v) is 5.75. The van der Waals surface area contributed by atoms with Gasteiger partial charge in [0.05, 0.1) is 26.7 Å². The van der Waals surface area contributed by atoms with Crippen LogP contribution in [0.2, 0.25) is 0 Å². The SMILES string of the molecule is CCOC(=O)CC1c2cc(-c3ccc(C(C)C)cc3OC)ccc2OC(=N)C1C(=O)OCC. The van der Waals surface area contributed by atoms with Crippen molar-refractivity contribution >= 4 is 17.8 Å². The fraction of sp³-hybridized carbons (Fsp3) is 0.423. The van der Waals surface area contributed by atoms with Gasteiger partial charge in [0.15, 0.2) is 0 Å². The molecule has 2 atom stereocenters. The van der Waals surface area contributed by atoms with Crippen LogP contribution in [-0.2, 0) is 19.1 Å². The van der Waals surface area contributed by atoms with E-state index in [0.29, 0.717) is 17.2 Å². The molecule has 176 valence electrons. The molecule has 0 spiro atoms. The van der Waals surface area contributed by atoms with Gasteiger partial charge < -0.3 is 18.9 Å². The van der Waals surface area contributed by atoms with E-state index in [-0.39, 0.29) is 25.5 Å². The summed E-state index contributed by atoms with van der Waals surface area (Å²) in [6.07, 6.45) is -0.0665. The van der Waals surface area contributed by atoms with Gasteiger partial charge in [-0.15, -0.1) is 0 Å². The molecular weight excluding hydrogens is 422 g/mol. The summed E-state index contributed by atoms with van der Waals surface area (Å²) >= 11 is 0. The predicted molar refractivity (Wildman–Crippen MR) is 125 cm³/mol. The first-order valence-electron chi connectivity index (χ1n) is 11.2. The Morgan fingerprint density at radius 3 is 2.42 bits per heavy atom. The molecule has 3 rings (SSSR count). The molecule has 2 aromatic carbocycles. The van der Waals surface area contributed by atoms with Crippen LogP contribution in [0.15, 0.2) is 36.4 Å². The number of hydrogen-bond acceptors (Lipinski definition) is 7. The van der Waals surface area contributed by atoms with Gasteiger partial charge in [-0.3, -0.25) is 15.0 Å². The van der Waals surface area contributed by atoms with E-state index < -0.39 is 23.8 Å². The molecule has 1 aliphatic rings. The molecule has 0 radical (unpaired) electrons. The lowest BCUT2D eigenvalue weighted by Gasteiger charge is -2.32. The minimum Gasteiger partial charge on any atom is -0.496 e. The average molecular weight is 454 g/mol. The predicted octanol–water partition coefficient (Wildman–Crippen LogP) is 5.07. The highest BCUT2D eigenvalue weighted by atomic mass is 16.5. The molecule has 0 aliphatic carbocycles. The van der Waals surface area contributed by atoms with E-state index in [1.165, 1.54) is 0 Å². The molecule has 0 bridgehead atoms. The van der Waals surface area contributed by atoms with E-state index in [0.717, 1.165) is 22.4 Å². The van der Waals surface area contributed by atoms with Gasteiger partial charge in [0.1, 0.15) is 17.4 Å². The Kier molecular flexibility index (Phi) is 7.74. The van der Waals surface area contributed by atoms with Crippen LogP contribution in [0, 0.1) is 11.3 Å². The van der Waals surface area contributed by atoms with Crippen LogP contribution in [0.1, 0.15) is 57.1 Å². The van der Waals surface area contributed by atoms with Crippen molar-refractivity contribution in [2.75, 3.05) is 20.3 Å². The molecule has 1 aliphatic heterocycles. The zero-order valence-electron chi connectivity index (χ0n) is 19.8. The van der Waals surface area contributed by atoms with Crippen molar-refractivity contribution in [2.45, 2.75) is 46.0 Å². The number of esters is 2. The monoisotopic (exact) mass is 453 g/mol. The van der Waals surface area contributed by atoms with Crippen molar-refractivity contribution < 1.29 is 28.5 Å². The van der Waals surface area contributed by atoms with Gasteiger partial charge in [0.2, 0.25) is 5.90 Å². The van der Waals surface area contributed by atoms with Crippen molar-refractivity contribution in [2.24, 2.45) is 5.92 Å². The van der Waals surface area contributed by atoms with Crippen molar-refractivity contribution in [3.63, 3.8) is 0 Å². The van der Waals surface area contributed by atoms with Crippen LogP contribution in [-0.4, -0.2) is 38.2 Å². The molecule has 1 N–H and O–H groups in total. The van der Waals surface area contributed by atoms with E-state index in [4.69, 9.17) is 24.4 Å². The maximum absolute atomic E-state index is 12.7. The minimum absolute atomic E-state index is 0.0665. The van der Waals surface area contributed by atoms with E-state index in [1.54, 1.807) is 27.0 Å². The smallest absolute Gasteiger partial charge is 0.319 e. The Bertz CT molecular complexity index is 1050. The summed E-state index contributed by atoms with van der Waals surface area (Å²) in [5, 5.41) is 8.31. The number of carbonyl (C=O) groups is 2. The van der Waals surface area contributed by atoms with Crippen LogP contribution in [0.25, 0.3) is 11.1 Å². The summed E-state index contributed by atoms with van der Waals surface area (Å²) < 4.78 is 21.7. The molecule has 2 unspecified atom stereocenters. The normalized spacial score (nSPS) is 17.2. The maximum Gasteiger partial charge on any atom is 0.319 e. The van der Waals surface area contributed by atoms with Gasteiger partial charge in [-0.25, -0.2) is 0 Å². The maximum atomic E-state index is 12.7. The second-order valence-corrected chi connectivity index (χ2v) is 8.18. The fourth-order valence-electron chi connectivity index (χ4n) is 4.08. The second-order valence-electron chi connectivity index (χ2n) is 8.18. The first kappa shape index (κ1) is 24.3. The molecule has 0 fully saturated rings. The Labute approximate surface area is 194 Å². The first-order valence-corrected chi connectivity index (χ1v) is 11.2. The quantitative estimate of drug-likeness (QED) is 0.561. The molecule has 0 amide bonds. The summed E-state index contributed by atoms with van der Waals surface area (Å²) in [5.41, 5.74) is 3.56. The number of methoxy groups -OCH3 is 1. The second kappa shape index (κ2) is 10.5. The summed E-state index contributed by atoms with van der Waals surface area (Å²) in [6, 6.07) is 11.6. The van der Waals surface area contributed by atoms with Crippen LogP contribution in [0.4, 0.5) is 0 Å². The molecule has 2 aromatic rings. The van der Waals surface area contributed by atoms with Gasteiger partial charge in [-0.05, 0) is 49.1 Å². The minimum atomic E-state index is -1.03. The highest BCUT2D eigenvalue weighted by Crippen LogP contribution is 2.44. The van der Waals surface area contributed by atoms with E-state index in [9.17, 15) is 9.59 Å². The number of benzene rings is 2. The highest BCUT2D eigenvalue weighted by molar-refractivity contribution is 6.00. The van der Waals surface area contributed by atoms with Crippen molar-refractivity contribution in [3.8, 4) is 22.6 Å². The number of carbonyl (C=O) groups excluding carboxylic acids is 2. The molecule has 33 heavy (non-hydrogen) atoms. The van der Waals surface area contributed by atoms with Gasteiger partial charge in [0, 0.05) is 17.0 Å². The molecule has 0 saturated heterocycles. The van der Waals surface area contributed by atoms with Gasteiger partial charge in [0.25, 0.3) is 0 Å². The van der Waals surface area contributed by atoms with Crippen molar-refractivity contribution in [1.29, 1.82) is 5.41 Å². The molecule has 1 heterocycles. The lowest BCUT2D eigenvalue weighted by Crippen LogP contribution is -2.39. The Morgan fingerprint density at radius 1 is 1.06 bits per heavy atom. The van der Waals surface area contributed by atoms with Gasteiger partial charge in [-0.1, -0.05) is 32.0 Å². The Balaban J connectivity index is 2.10. The number of fused-ring (bicyclic) bond motifs is 1. The Hall–Kier alpha value is -3.35. The number of ether oxygens (including phenoxy) is 4. The zero-order chi connectivity index (χ0) is 24.1. The van der Waals surface area contributed by atoms with Crippen molar-refractivity contribution in [1.82, 2.24) is 0 Å². The highest BCUT2D eigenvalue weighted by Gasteiger charge is 2.42. The summed E-state index contributed by atoms with van der Waals surface area (Å²) in [7, 11) is 1.63. The third-order valence-electron chi connectivity index (χ3n) is 5.75. The molecule has 0 aromatic heterocycles. The molecule has 7 heteroatoms. The Morgan fingerprint density at radius 2 is 1.79 bits per heavy atom. The molecular formula is C26H31NO6. The lowest BCUT2D eigenvalue weighted by molar-refractivity contribution is -0.148. The van der Waals surface area contributed by atoms with Crippen LogP contribution >= 0.6 is 0 Å². The van der Waals surface area contributed by atoms with Crippen LogP contribution < -0.4 is 9.47 Å². The van der Waals surface area contributed by atoms with E-state index >= 15 is 0 Å². The summed E-state index contributed by atoms with van der Waals surface area (Å²) in [6.45, 7) is 8.07. The third kappa shape index (κ3) is 5.18.